The lowest BCUT2D eigenvalue weighted by molar-refractivity contribution is -0.384. The second-order valence-corrected chi connectivity index (χ2v) is 9.21. The van der Waals surface area contributed by atoms with Crippen molar-refractivity contribution in [3.05, 3.63) is 57.6 Å². The number of hydrogen-bond donors (Lipinski definition) is 1. The van der Waals surface area contributed by atoms with E-state index in [0.717, 1.165) is 24.2 Å². The molecule has 1 aliphatic carbocycles. The van der Waals surface area contributed by atoms with E-state index in [4.69, 9.17) is 16.3 Å². The molecule has 3 aromatic rings. The fraction of sp³-hybridized carbons (Fsp3) is 0.348. The molecular formula is C23H24ClN5O4S. The Morgan fingerprint density at radius 3 is 2.65 bits per heavy atom. The molecule has 0 spiro atoms. The molecular weight excluding hydrogens is 478 g/mol. The fourth-order valence-electron chi connectivity index (χ4n) is 3.83. The van der Waals surface area contributed by atoms with Gasteiger partial charge in [-0.25, -0.2) is 0 Å². The van der Waals surface area contributed by atoms with Crippen LogP contribution in [0.1, 0.15) is 32.6 Å². The van der Waals surface area contributed by atoms with E-state index in [1.807, 2.05) is 35.8 Å². The monoisotopic (exact) mass is 501 g/mol. The van der Waals surface area contributed by atoms with Gasteiger partial charge in [0.25, 0.3) is 5.69 Å². The predicted octanol–water partition coefficient (Wildman–Crippen LogP) is 5.58. The summed E-state index contributed by atoms with van der Waals surface area (Å²) in [6.45, 7) is 2.62. The van der Waals surface area contributed by atoms with Crippen molar-refractivity contribution in [3.8, 4) is 17.1 Å². The number of rotatable bonds is 9. The molecule has 0 atom stereocenters. The Kier molecular flexibility index (Phi) is 7.69. The number of ether oxygens (including phenoxy) is 1. The molecule has 1 aliphatic rings. The molecule has 0 unspecified atom stereocenters. The summed E-state index contributed by atoms with van der Waals surface area (Å²) in [5.41, 5.74) is 0.958. The summed E-state index contributed by atoms with van der Waals surface area (Å²) in [5, 5.41) is 22.9. The number of thioether (sulfide) groups is 1. The molecule has 4 rings (SSSR count). The SMILES string of the molecule is CCn1c(SCC(=O)Nc2ccc(Cl)c([N+](=O)[O-])c2)nnc1-c1ccc(OC2CCCC2)cc1. The first-order chi connectivity index (χ1) is 16.4. The van der Waals surface area contributed by atoms with Gasteiger partial charge in [-0.15, -0.1) is 10.2 Å². The summed E-state index contributed by atoms with van der Waals surface area (Å²) in [4.78, 5) is 22.8. The standard InChI is InChI=1S/C23H24ClN5O4S/c1-2-28-22(15-7-10-18(11-8-15)33-17-5-3-4-6-17)26-27-23(28)34-14-21(30)25-16-9-12-19(24)20(13-16)29(31)32/h7-13,17H,2-6,14H2,1H3,(H,25,30). The highest BCUT2D eigenvalue weighted by atomic mass is 35.5. The van der Waals surface area contributed by atoms with Gasteiger partial charge in [-0.1, -0.05) is 23.4 Å². The number of nitro benzene ring substituents is 1. The first-order valence-electron chi connectivity index (χ1n) is 11.0. The highest BCUT2D eigenvalue weighted by molar-refractivity contribution is 7.99. The van der Waals surface area contributed by atoms with E-state index >= 15 is 0 Å². The lowest BCUT2D eigenvalue weighted by atomic mass is 10.2. The quantitative estimate of drug-likeness (QED) is 0.231. The molecule has 0 bridgehead atoms. The van der Waals surface area contributed by atoms with Crippen molar-refractivity contribution in [2.75, 3.05) is 11.1 Å². The number of carbonyl (C=O) groups is 1. The van der Waals surface area contributed by atoms with E-state index in [2.05, 4.69) is 15.5 Å². The van der Waals surface area contributed by atoms with Crippen molar-refractivity contribution < 1.29 is 14.5 Å². The molecule has 1 aromatic heterocycles. The number of amides is 1. The van der Waals surface area contributed by atoms with E-state index in [-0.39, 0.29) is 22.4 Å². The number of aromatic nitrogens is 3. The zero-order valence-electron chi connectivity index (χ0n) is 18.6. The van der Waals surface area contributed by atoms with Crippen molar-refractivity contribution >= 4 is 40.6 Å². The van der Waals surface area contributed by atoms with E-state index in [1.165, 1.54) is 42.8 Å². The summed E-state index contributed by atoms with van der Waals surface area (Å²) < 4.78 is 7.97. The van der Waals surface area contributed by atoms with Gasteiger partial charge in [0.1, 0.15) is 10.8 Å². The van der Waals surface area contributed by atoms with Gasteiger partial charge in [0, 0.05) is 23.9 Å². The van der Waals surface area contributed by atoms with Crippen LogP contribution in [0.4, 0.5) is 11.4 Å². The van der Waals surface area contributed by atoms with Crippen LogP contribution in [0.3, 0.4) is 0 Å². The van der Waals surface area contributed by atoms with Gasteiger partial charge in [-0.3, -0.25) is 14.9 Å². The van der Waals surface area contributed by atoms with Crippen LogP contribution < -0.4 is 10.1 Å². The summed E-state index contributed by atoms with van der Waals surface area (Å²) in [5.74, 6) is 1.32. The van der Waals surface area contributed by atoms with E-state index in [9.17, 15) is 14.9 Å². The third kappa shape index (κ3) is 5.68. The lowest BCUT2D eigenvalue weighted by Crippen LogP contribution is -2.14. The number of nitrogens with zero attached hydrogens (tertiary/aromatic N) is 4. The summed E-state index contributed by atoms with van der Waals surface area (Å²) in [7, 11) is 0. The minimum atomic E-state index is -0.592. The van der Waals surface area contributed by atoms with Crippen molar-refractivity contribution in [1.29, 1.82) is 0 Å². The number of carbonyl (C=O) groups excluding carboxylic acids is 1. The number of anilines is 1. The molecule has 178 valence electrons. The van der Waals surface area contributed by atoms with Crippen LogP contribution in [-0.4, -0.2) is 37.5 Å². The third-order valence-corrected chi connectivity index (χ3v) is 6.80. The predicted molar refractivity (Wildman–Crippen MR) is 131 cm³/mol. The van der Waals surface area contributed by atoms with Gasteiger partial charge >= 0.3 is 0 Å². The zero-order valence-corrected chi connectivity index (χ0v) is 20.1. The Hall–Kier alpha value is -3.11. The zero-order chi connectivity index (χ0) is 24.1. The molecule has 34 heavy (non-hydrogen) atoms. The van der Waals surface area contributed by atoms with Crippen LogP contribution >= 0.6 is 23.4 Å². The molecule has 0 radical (unpaired) electrons. The molecule has 1 heterocycles. The van der Waals surface area contributed by atoms with Gasteiger partial charge < -0.3 is 14.6 Å². The fourth-order valence-corrected chi connectivity index (χ4v) is 4.82. The van der Waals surface area contributed by atoms with Crippen LogP contribution in [0, 0.1) is 10.1 Å². The summed E-state index contributed by atoms with van der Waals surface area (Å²) >= 11 is 7.06. The van der Waals surface area contributed by atoms with Crippen LogP contribution in [-0.2, 0) is 11.3 Å². The van der Waals surface area contributed by atoms with Gasteiger partial charge in [0.15, 0.2) is 11.0 Å². The lowest BCUT2D eigenvalue weighted by Gasteiger charge is -2.13. The average molecular weight is 502 g/mol. The highest BCUT2D eigenvalue weighted by Gasteiger charge is 2.18. The Labute approximate surface area is 206 Å². The van der Waals surface area contributed by atoms with Gasteiger partial charge in [-0.2, -0.15) is 0 Å². The second-order valence-electron chi connectivity index (χ2n) is 7.86. The third-order valence-electron chi connectivity index (χ3n) is 5.51. The first-order valence-corrected chi connectivity index (χ1v) is 12.4. The molecule has 1 amide bonds. The number of hydrogen-bond acceptors (Lipinski definition) is 7. The molecule has 1 fully saturated rings. The van der Waals surface area contributed by atoms with Crippen LogP contribution in [0.25, 0.3) is 11.4 Å². The maximum Gasteiger partial charge on any atom is 0.289 e. The molecule has 1 N–H and O–H groups in total. The Morgan fingerprint density at radius 1 is 1.24 bits per heavy atom. The Bertz CT molecular complexity index is 1180. The number of nitro groups is 1. The van der Waals surface area contributed by atoms with Crippen molar-refractivity contribution in [2.45, 2.75) is 50.4 Å². The maximum absolute atomic E-state index is 12.4. The van der Waals surface area contributed by atoms with Crippen LogP contribution in [0.5, 0.6) is 5.75 Å². The van der Waals surface area contributed by atoms with E-state index in [1.54, 1.807) is 0 Å². The van der Waals surface area contributed by atoms with Crippen LogP contribution in [0.15, 0.2) is 47.6 Å². The van der Waals surface area contributed by atoms with Crippen molar-refractivity contribution in [2.24, 2.45) is 0 Å². The Morgan fingerprint density at radius 2 is 1.97 bits per heavy atom. The van der Waals surface area contributed by atoms with Gasteiger partial charge in [0.05, 0.1) is 16.8 Å². The topological polar surface area (TPSA) is 112 Å². The van der Waals surface area contributed by atoms with E-state index < -0.39 is 4.92 Å². The summed E-state index contributed by atoms with van der Waals surface area (Å²) in [6.07, 6.45) is 4.96. The normalized spacial score (nSPS) is 13.7. The maximum atomic E-state index is 12.4. The second kappa shape index (κ2) is 10.9. The first kappa shape index (κ1) is 24.0. The van der Waals surface area contributed by atoms with Crippen molar-refractivity contribution in [1.82, 2.24) is 14.8 Å². The largest absolute Gasteiger partial charge is 0.490 e. The number of benzene rings is 2. The molecule has 1 saturated carbocycles. The average Bonchev–Trinajstić information content (AvgIpc) is 3.49. The molecule has 0 aliphatic heterocycles. The number of halogens is 1. The minimum Gasteiger partial charge on any atom is -0.490 e. The Balaban J connectivity index is 1.39. The van der Waals surface area contributed by atoms with Gasteiger partial charge in [-0.05, 0) is 69.0 Å². The molecule has 0 saturated heterocycles. The minimum absolute atomic E-state index is 0.0130. The molecule has 11 heteroatoms. The highest BCUT2D eigenvalue weighted by Crippen LogP contribution is 2.29. The van der Waals surface area contributed by atoms with Gasteiger partial charge in [0.2, 0.25) is 5.91 Å². The summed E-state index contributed by atoms with van der Waals surface area (Å²) in [6, 6.07) is 12.0. The van der Waals surface area contributed by atoms with Crippen molar-refractivity contribution in [3.63, 3.8) is 0 Å². The molecule has 9 nitrogen and oxygen atoms in total. The van der Waals surface area contributed by atoms with Crippen LogP contribution in [0.2, 0.25) is 5.02 Å². The molecule has 2 aromatic carbocycles. The number of nitrogens with one attached hydrogen (secondary N) is 1. The smallest absolute Gasteiger partial charge is 0.289 e. The van der Waals surface area contributed by atoms with E-state index in [0.29, 0.717) is 29.3 Å².